The Morgan fingerprint density at radius 3 is 2.28 bits per heavy atom. The highest BCUT2D eigenvalue weighted by molar-refractivity contribution is 7.99. The van der Waals surface area contributed by atoms with Crippen LogP contribution in [0.5, 0.6) is 5.75 Å². The van der Waals surface area contributed by atoms with E-state index < -0.39 is 0 Å². The van der Waals surface area contributed by atoms with Crippen LogP contribution in [-0.4, -0.2) is 33.5 Å². The number of amides is 1. The van der Waals surface area contributed by atoms with Gasteiger partial charge in [-0.25, -0.2) is 0 Å². The van der Waals surface area contributed by atoms with Crippen molar-refractivity contribution in [2.24, 2.45) is 0 Å². The first-order valence-electron chi connectivity index (χ1n) is 10.2. The van der Waals surface area contributed by atoms with E-state index in [1.807, 2.05) is 53.1 Å². The topological polar surface area (TPSA) is 69.0 Å². The summed E-state index contributed by atoms with van der Waals surface area (Å²) in [7, 11) is 1.58. The first kappa shape index (κ1) is 21.6. The molecule has 7 heteroatoms. The molecule has 1 heterocycles. The minimum atomic E-state index is -0.144. The Kier molecular flexibility index (Phi) is 6.56. The van der Waals surface area contributed by atoms with Crippen LogP contribution in [-0.2, 0) is 4.79 Å². The van der Waals surface area contributed by atoms with Gasteiger partial charge in [-0.05, 0) is 38.1 Å². The van der Waals surface area contributed by atoms with E-state index in [1.165, 1.54) is 22.9 Å². The molecule has 3 aromatic carbocycles. The fourth-order valence-electron chi connectivity index (χ4n) is 3.24. The number of carbonyl (C=O) groups excluding carboxylic acids is 1. The van der Waals surface area contributed by atoms with Crippen LogP contribution >= 0.6 is 11.8 Å². The van der Waals surface area contributed by atoms with Crippen molar-refractivity contribution < 1.29 is 9.53 Å². The molecule has 0 bridgehead atoms. The molecular weight excluding hydrogens is 420 g/mol. The second-order valence-corrected chi connectivity index (χ2v) is 8.32. The van der Waals surface area contributed by atoms with Gasteiger partial charge in [0.05, 0.1) is 18.6 Å². The van der Waals surface area contributed by atoms with Gasteiger partial charge in [-0.3, -0.25) is 9.36 Å². The minimum absolute atomic E-state index is 0.144. The van der Waals surface area contributed by atoms with Gasteiger partial charge in [0.2, 0.25) is 5.91 Å². The Hall–Kier alpha value is -3.58. The summed E-state index contributed by atoms with van der Waals surface area (Å²) in [4.78, 5) is 12.6. The number of nitrogens with zero attached hydrogens (tertiary/aromatic N) is 3. The van der Waals surface area contributed by atoms with Gasteiger partial charge in [-0.2, -0.15) is 0 Å². The molecule has 0 saturated carbocycles. The van der Waals surface area contributed by atoms with Crippen molar-refractivity contribution in [3.63, 3.8) is 0 Å². The number of aryl methyl sites for hydroxylation is 2. The normalized spacial score (nSPS) is 10.7. The van der Waals surface area contributed by atoms with E-state index in [2.05, 4.69) is 53.6 Å². The lowest BCUT2D eigenvalue weighted by molar-refractivity contribution is -0.113. The molecule has 162 valence electrons. The van der Waals surface area contributed by atoms with Crippen molar-refractivity contribution in [2.75, 3.05) is 18.2 Å². The van der Waals surface area contributed by atoms with Crippen LogP contribution in [0.1, 0.15) is 11.1 Å². The summed E-state index contributed by atoms with van der Waals surface area (Å²) < 4.78 is 7.30. The van der Waals surface area contributed by atoms with Gasteiger partial charge >= 0.3 is 0 Å². The van der Waals surface area contributed by atoms with Crippen LogP contribution in [0, 0.1) is 13.8 Å². The molecule has 0 fully saturated rings. The molecule has 1 aromatic heterocycles. The average Bonchev–Trinajstić information content (AvgIpc) is 3.23. The minimum Gasteiger partial charge on any atom is -0.495 e. The average molecular weight is 445 g/mol. The summed E-state index contributed by atoms with van der Waals surface area (Å²) in [6.45, 7) is 4.10. The Morgan fingerprint density at radius 2 is 1.59 bits per heavy atom. The third kappa shape index (κ3) is 4.84. The van der Waals surface area contributed by atoms with Crippen molar-refractivity contribution in [3.8, 4) is 22.8 Å². The molecule has 0 radical (unpaired) electrons. The van der Waals surface area contributed by atoms with E-state index in [4.69, 9.17) is 4.74 Å². The van der Waals surface area contributed by atoms with E-state index in [1.54, 1.807) is 7.11 Å². The monoisotopic (exact) mass is 444 g/mol. The number of thioether (sulfide) groups is 1. The molecule has 0 spiro atoms. The molecule has 0 aliphatic heterocycles. The smallest absolute Gasteiger partial charge is 0.234 e. The number of benzene rings is 3. The highest BCUT2D eigenvalue weighted by Gasteiger charge is 2.18. The molecule has 0 saturated heterocycles. The number of para-hydroxylation sites is 2. The quantitative estimate of drug-likeness (QED) is 0.392. The number of methoxy groups -OCH3 is 1. The molecule has 1 N–H and O–H groups in total. The summed E-state index contributed by atoms with van der Waals surface area (Å²) in [6.07, 6.45) is 0. The lowest BCUT2D eigenvalue weighted by Crippen LogP contribution is -2.15. The molecule has 4 aromatic rings. The van der Waals surface area contributed by atoms with Gasteiger partial charge < -0.3 is 10.1 Å². The van der Waals surface area contributed by atoms with Crippen LogP contribution in [0.25, 0.3) is 17.1 Å². The van der Waals surface area contributed by atoms with Gasteiger partial charge in [0.15, 0.2) is 11.0 Å². The van der Waals surface area contributed by atoms with E-state index in [0.29, 0.717) is 16.6 Å². The molecular formula is C25H24N4O2S. The predicted octanol–water partition coefficient (Wildman–Crippen LogP) is 5.29. The van der Waals surface area contributed by atoms with Crippen molar-refractivity contribution in [2.45, 2.75) is 19.0 Å². The van der Waals surface area contributed by atoms with Crippen molar-refractivity contribution in [3.05, 3.63) is 83.9 Å². The fourth-order valence-corrected chi connectivity index (χ4v) is 4.00. The Balaban J connectivity index is 1.60. The number of hydrogen-bond acceptors (Lipinski definition) is 5. The number of ether oxygens (including phenoxy) is 1. The van der Waals surface area contributed by atoms with Crippen LogP contribution in [0.3, 0.4) is 0 Å². The summed E-state index contributed by atoms with van der Waals surface area (Å²) in [5.74, 6) is 1.40. The lowest BCUT2D eigenvalue weighted by atomic mass is 10.1. The lowest BCUT2D eigenvalue weighted by Gasteiger charge is -2.12. The highest BCUT2D eigenvalue weighted by Crippen LogP contribution is 2.29. The predicted molar refractivity (Wildman–Crippen MR) is 129 cm³/mol. The molecule has 32 heavy (non-hydrogen) atoms. The first-order valence-corrected chi connectivity index (χ1v) is 11.2. The molecule has 0 aliphatic carbocycles. The van der Waals surface area contributed by atoms with Gasteiger partial charge in [0.25, 0.3) is 0 Å². The van der Waals surface area contributed by atoms with Crippen LogP contribution in [0.4, 0.5) is 5.69 Å². The van der Waals surface area contributed by atoms with Crippen molar-refractivity contribution in [1.29, 1.82) is 0 Å². The Bertz CT molecular complexity index is 1220. The fraction of sp³-hybridized carbons (Fsp3) is 0.160. The van der Waals surface area contributed by atoms with E-state index >= 15 is 0 Å². The van der Waals surface area contributed by atoms with E-state index in [0.717, 1.165) is 17.1 Å². The standard InChI is InChI=1S/C25H24N4O2S/c1-17-8-12-19(13-9-17)24-27-28-25(29(24)20-14-10-18(2)11-15-20)32-16-23(30)26-21-6-4-5-7-22(21)31-3/h4-15H,16H2,1-3H3,(H,26,30). The first-order chi connectivity index (χ1) is 15.5. The van der Waals surface area contributed by atoms with Crippen LogP contribution < -0.4 is 10.1 Å². The molecule has 4 rings (SSSR count). The zero-order chi connectivity index (χ0) is 22.5. The maximum absolute atomic E-state index is 12.6. The zero-order valence-electron chi connectivity index (χ0n) is 18.2. The maximum atomic E-state index is 12.6. The number of carbonyl (C=O) groups is 1. The number of aromatic nitrogens is 3. The molecule has 1 amide bonds. The third-order valence-electron chi connectivity index (χ3n) is 4.95. The second-order valence-electron chi connectivity index (χ2n) is 7.38. The maximum Gasteiger partial charge on any atom is 0.234 e. The second kappa shape index (κ2) is 9.70. The molecule has 0 unspecified atom stereocenters. The Morgan fingerprint density at radius 1 is 0.938 bits per heavy atom. The Labute approximate surface area is 191 Å². The summed E-state index contributed by atoms with van der Waals surface area (Å²) in [5, 5.41) is 12.4. The number of nitrogens with one attached hydrogen (secondary N) is 1. The summed E-state index contributed by atoms with van der Waals surface area (Å²) >= 11 is 1.34. The van der Waals surface area contributed by atoms with Gasteiger partial charge in [0.1, 0.15) is 5.75 Å². The van der Waals surface area contributed by atoms with Crippen molar-refractivity contribution in [1.82, 2.24) is 14.8 Å². The number of rotatable bonds is 7. The molecule has 6 nitrogen and oxygen atoms in total. The van der Waals surface area contributed by atoms with Gasteiger partial charge in [0, 0.05) is 11.3 Å². The number of anilines is 1. The molecule has 0 aliphatic rings. The third-order valence-corrected chi connectivity index (χ3v) is 5.88. The summed E-state index contributed by atoms with van der Waals surface area (Å²) in [6, 6.07) is 23.7. The van der Waals surface area contributed by atoms with Gasteiger partial charge in [-0.1, -0.05) is 71.4 Å². The highest BCUT2D eigenvalue weighted by atomic mass is 32.2. The van der Waals surface area contributed by atoms with Crippen LogP contribution in [0.2, 0.25) is 0 Å². The largest absolute Gasteiger partial charge is 0.495 e. The molecule has 0 atom stereocenters. The van der Waals surface area contributed by atoms with Crippen LogP contribution in [0.15, 0.2) is 78.0 Å². The number of hydrogen-bond donors (Lipinski definition) is 1. The zero-order valence-corrected chi connectivity index (χ0v) is 19.0. The van der Waals surface area contributed by atoms with E-state index in [-0.39, 0.29) is 11.7 Å². The SMILES string of the molecule is COc1ccccc1NC(=O)CSc1nnc(-c2ccc(C)cc2)n1-c1ccc(C)cc1. The van der Waals surface area contributed by atoms with Gasteiger partial charge in [-0.15, -0.1) is 10.2 Å². The summed E-state index contributed by atoms with van der Waals surface area (Å²) in [5.41, 5.74) is 4.90. The van der Waals surface area contributed by atoms with Crippen molar-refractivity contribution >= 4 is 23.4 Å². The van der Waals surface area contributed by atoms with E-state index in [9.17, 15) is 4.79 Å².